The summed E-state index contributed by atoms with van der Waals surface area (Å²) in [5, 5.41) is 46.9. The van der Waals surface area contributed by atoms with Crippen LogP contribution in [0.4, 0.5) is 5.82 Å². The van der Waals surface area contributed by atoms with Crippen LogP contribution >= 0.6 is 0 Å². The molecule has 0 bridgehead atoms. The van der Waals surface area contributed by atoms with E-state index in [1.54, 1.807) is 13.8 Å². The number of hydrogen-bond acceptors (Lipinski definition) is 7. The highest BCUT2D eigenvalue weighted by Gasteiger charge is 2.31. The number of nitrogens with one attached hydrogen (secondary N) is 1. The smallest absolute Gasteiger partial charge is 0.339 e. The predicted octanol–water partition coefficient (Wildman–Crippen LogP) is -1.08. The Bertz CT molecular complexity index is 465. The molecule has 0 radical (unpaired) electrons. The Morgan fingerprint density at radius 3 is 2.11 bits per heavy atom. The molecule has 0 amide bonds. The number of aryl methyl sites for hydroxylation is 1. The second kappa shape index (κ2) is 5.91. The van der Waals surface area contributed by atoms with Gasteiger partial charge in [0.1, 0.15) is 11.1 Å². The Morgan fingerprint density at radius 1 is 1.16 bits per heavy atom. The minimum absolute atomic E-state index is 0.104. The largest absolute Gasteiger partial charge is 0.478 e. The molecule has 0 spiro atoms. The van der Waals surface area contributed by atoms with E-state index in [4.69, 9.17) is 0 Å². The summed E-state index contributed by atoms with van der Waals surface area (Å²) in [5.41, 5.74) is -0.675. The topological polar surface area (TPSA) is 136 Å². The Labute approximate surface area is 109 Å². The van der Waals surface area contributed by atoms with Crippen molar-refractivity contribution in [2.24, 2.45) is 0 Å². The van der Waals surface area contributed by atoms with Gasteiger partial charge in [0.2, 0.25) is 0 Å². The van der Waals surface area contributed by atoms with E-state index >= 15 is 0 Å². The fourth-order valence-electron chi connectivity index (χ4n) is 1.48. The van der Waals surface area contributed by atoms with Crippen molar-refractivity contribution in [2.75, 3.05) is 25.1 Å². The standard InChI is InChI=1S/C11H17N3O5/c1-6-7(2)13-14-9(8(6)10(18)19)12-11(3-15,4-16)5-17/h15-17H,3-5H2,1-2H3,(H,12,14)(H,18,19). The zero-order valence-corrected chi connectivity index (χ0v) is 10.7. The summed E-state index contributed by atoms with van der Waals surface area (Å²) in [4.78, 5) is 11.3. The number of carbonyl (C=O) groups is 1. The van der Waals surface area contributed by atoms with Crippen molar-refractivity contribution in [2.45, 2.75) is 19.4 Å². The van der Waals surface area contributed by atoms with Crippen LogP contribution in [0.2, 0.25) is 0 Å². The van der Waals surface area contributed by atoms with Crippen molar-refractivity contribution >= 4 is 11.8 Å². The summed E-state index contributed by atoms with van der Waals surface area (Å²) < 4.78 is 0. The molecule has 0 aromatic carbocycles. The SMILES string of the molecule is Cc1nnc(NC(CO)(CO)CO)c(C(=O)O)c1C. The van der Waals surface area contributed by atoms with Crippen LogP contribution in [0.1, 0.15) is 21.6 Å². The minimum Gasteiger partial charge on any atom is -0.478 e. The maximum atomic E-state index is 11.3. The summed E-state index contributed by atoms with van der Waals surface area (Å²) in [6, 6.07) is 0. The number of aromatic nitrogens is 2. The fourth-order valence-corrected chi connectivity index (χ4v) is 1.48. The van der Waals surface area contributed by atoms with Crippen LogP contribution in [0.15, 0.2) is 0 Å². The van der Waals surface area contributed by atoms with Gasteiger partial charge in [-0.1, -0.05) is 0 Å². The first-order valence-electron chi connectivity index (χ1n) is 5.58. The number of hydrogen-bond donors (Lipinski definition) is 5. The van der Waals surface area contributed by atoms with Crippen molar-refractivity contribution in [3.8, 4) is 0 Å². The summed E-state index contributed by atoms with van der Waals surface area (Å²) in [6.07, 6.45) is 0. The van der Waals surface area contributed by atoms with Crippen molar-refractivity contribution in [3.63, 3.8) is 0 Å². The highest BCUT2D eigenvalue weighted by molar-refractivity contribution is 5.95. The van der Waals surface area contributed by atoms with E-state index in [0.29, 0.717) is 11.3 Å². The lowest BCUT2D eigenvalue weighted by atomic mass is 10.0. The summed E-state index contributed by atoms with van der Waals surface area (Å²) in [7, 11) is 0. The van der Waals surface area contributed by atoms with Gasteiger partial charge in [0.05, 0.1) is 25.5 Å². The normalized spacial score (nSPS) is 11.4. The van der Waals surface area contributed by atoms with Gasteiger partial charge in [0.25, 0.3) is 0 Å². The second-order valence-corrected chi connectivity index (χ2v) is 4.32. The van der Waals surface area contributed by atoms with Gasteiger partial charge in [-0.15, -0.1) is 5.10 Å². The summed E-state index contributed by atoms with van der Waals surface area (Å²) in [6.45, 7) is 1.43. The van der Waals surface area contributed by atoms with Gasteiger partial charge in [-0.3, -0.25) is 0 Å². The van der Waals surface area contributed by atoms with Crippen LogP contribution in [-0.4, -0.2) is 62.0 Å². The molecule has 8 heteroatoms. The molecule has 0 saturated carbocycles. The molecule has 1 aromatic heterocycles. The molecule has 0 unspecified atom stereocenters. The lowest BCUT2D eigenvalue weighted by Gasteiger charge is -2.29. The van der Waals surface area contributed by atoms with Gasteiger partial charge in [-0.05, 0) is 19.4 Å². The monoisotopic (exact) mass is 271 g/mol. The molecule has 0 aliphatic carbocycles. The third-order valence-electron chi connectivity index (χ3n) is 2.96. The quantitative estimate of drug-likeness (QED) is 0.441. The Hall–Kier alpha value is -1.77. The molecular weight excluding hydrogens is 254 g/mol. The molecule has 0 aliphatic heterocycles. The summed E-state index contributed by atoms with van der Waals surface area (Å²) >= 11 is 0. The van der Waals surface area contributed by atoms with Gasteiger partial charge < -0.3 is 25.7 Å². The van der Waals surface area contributed by atoms with E-state index in [-0.39, 0.29) is 11.4 Å². The van der Waals surface area contributed by atoms with Crippen LogP contribution in [0, 0.1) is 13.8 Å². The zero-order chi connectivity index (χ0) is 14.6. The molecule has 0 aliphatic rings. The van der Waals surface area contributed by atoms with Gasteiger partial charge in [0, 0.05) is 0 Å². The number of rotatable bonds is 6. The minimum atomic E-state index is -1.46. The molecule has 8 nitrogen and oxygen atoms in total. The first kappa shape index (κ1) is 15.3. The highest BCUT2D eigenvalue weighted by atomic mass is 16.4. The third kappa shape index (κ3) is 2.98. The van der Waals surface area contributed by atoms with Crippen molar-refractivity contribution in [1.82, 2.24) is 10.2 Å². The van der Waals surface area contributed by atoms with Gasteiger partial charge >= 0.3 is 5.97 Å². The molecule has 0 fully saturated rings. The van der Waals surface area contributed by atoms with Crippen molar-refractivity contribution < 1.29 is 25.2 Å². The molecule has 0 saturated heterocycles. The molecule has 106 valence electrons. The maximum absolute atomic E-state index is 11.3. The number of aliphatic hydroxyl groups excluding tert-OH is 3. The average molecular weight is 271 g/mol. The average Bonchev–Trinajstić information content (AvgIpc) is 2.40. The number of carboxylic acid groups (broad SMARTS) is 1. The van der Waals surface area contributed by atoms with Crippen molar-refractivity contribution in [3.05, 3.63) is 16.8 Å². The molecule has 0 atom stereocenters. The van der Waals surface area contributed by atoms with E-state index < -0.39 is 31.3 Å². The molecule has 1 heterocycles. The van der Waals surface area contributed by atoms with E-state index in [0.717, 1.165) is 0 Å². The van der Waals surface area contributed by atoms with Crippen LogP contribution in [0.3, 0.4) is 0 Å². The van der Waals surface area contributed by atoms with E-state index in [1.807, 2.05) is 0 Å². The number of anilines is 1. The Balaban J connectivity index is 3.28. The number of nitrogens with zero attached hydrogens (tertiary/aromatic N) is 2. The van der Waals surface area contributed by atoms with Crippen LogP contribution in [-0.2, 0) is 0 Å². The zero-order valence-electron chi connectivity index (χ0n) is 10.7. The second-order valence-electron chi connectivity index (χ2n) is 4.32. The third-order valence-corrected chi connectivity index (χ3v) is 2.96. The van der Waals surface area contributed by atoms with Gasteiger partial charge in [-0.25, -0.2) is 4.79 Å². The molecular formula is C11H17N3O5. The van der Waals surface area contributed by atoms with E-state index in [9.17, 15) is 25.2 Å². The predicted molar refractivity (Wildman–Crippen MR) is 66.1 cm³/mol. The molecule has 5 N–H and O–H groups in total. The highest BCUT2D eigenvalue weighted by Crippen LogP contribution is 2.21. The fraction of sp³-hybridized carbons (Fsp3) is 0.545. The molecule has 1 rings (SSSR count). The van der Waals surface area contributed by atoms with E-state index in [2.05, 4.69) is 15.5 Å². The van der Waals surface area contributed by atoms with Gasteiger partial charge in [0.15, 0.2) is 5.82 Å². The molecule has 1 aromatic rings. The van der Waals surface area contributed by atoms with Crippen molar-refractivity contribution in [1.29, 1.82) is 0 Å². The molecule has 19 heavy (non-hydrogen) atoms. The van der Waals surface area contributed by atoms with Crippen LogP contribution in [0.25, 0.3) is 0 Å². The maximum Gasteiger partial charge on any atom is 0.339 e. The summed E-state index contributed by atoms with van der Waals surface area (Å²) in [5.74, 6) is -1.31. The number of aliphatic hydroxyl groups is 3. The van der Waals surface area contributed by atoms with Gasteiger partial charge in [-0.2, -0.15) is 5.10 Å². The Morgan fingerprint density at radius 2 is 1.68 bits per heavy atom. The van der Waals surface area contributed by atoms with E-state index in [1.165, 1.54) is 0 Å². The van der Waals surface area contributed by atoms with Crippen LogP contribution < -0.4 is 5.32 Å². The Kier molecular flexibility index (Phi) is 4.76. The lowest BCUT2D eigenvalue weighted by molar-refractivity contribution is 0.0690. The van der Waals surface area contributed by atoms with Crippen LogP contribution in [0.5, 0.6) is 0 Å². The number of carboxylic acids is 1. The number of aromatic carboxylic acids is 1. The first-order chi connectivity index (χ1) is 8.90. The first-order valence-corrected chi connectivity index (χ1v) is 5.58. The lowest BCUT2D eigenvalue weighted by Crippen LogP contribution is -2.49.